The quantitative estimate of drug-likeness (QED) is 0.131. The standard InChI is InChI=1S/C54H36N2/c1-54(41-21-6-3-7-22-41)48-26-13-12-25-44(48)47-33-39(28-30-49(47)54)51-34-50(55-53(56-51)36-16-4-2-5-17-36)38-19-14-20-40(31-38)52-43-24-11-9-18-37(43)32-46-42-23-10-8-15-35(42)27-29-45(46)52/h2-34H,1H3. The van der Waals surface area contributed by atoms with Gasteiger partial charge in [0.05, 0.1) is 11.4 Å². The highest BCUT2D eigenvalue weighted by Gasteiger charge is 2.40. The maximum Gasteiger partial charge on any atom is 0.160 e. The monoisotopic (exact) mass is 712 g/mol. The fourth-order valence-electron chi connectivity index (χ4n) is 9.17. The molecule has 56 heavy (non-hydrogen) atoms. The minimum atomic E-state index is -0.254. The summed E-state index contributed by atoms with van der Waals surface area (Å²) in [5.74, 6) is 0.709. The summed E-state index contributed by atoms with van der Waals surface area (Å²) in [6, 6.07) is 72.3. The van der Waals surface area contributed by atoms with Gasteiger partial charge in [0.2, 0.25) is 0 Å². The van der Waals surface area contributed by atoms with E-state index in [0.29, 0.717) is 5.82 Å². The van der Waals surface area contributed by atoms with Crippen LogP contribution in [0.1, 0.15) is 23.6 Å². The molecule has 1 aliphatic carbocycles. The predicted molar refractivity (Wildman–Crippen MR) is 234 cm³/mol. The van der Waals surface area contributed by atoms with Crippen LogP contribution in [0.25, 0.3) is 88.5 Å². The second-order valence-electron chi connectivity index (χ2n) is 15.1. The first-order valence-corrected chi connectivity index (χ1v) is 19.3. The molecule has 1 aromatic heterocycles. The van der Waals surface area contributed by atoms with E-state index < -0.39 is 0 Å². The van der Waals surface area contributed by atoms with Crippen LogP contribution >= 0.6 is 0 Å². The summed E-state index contributed by atoms with van der Waals surface area (Å²) < 4.78 is 0. The van der Waals surface area contributed by atoms with E-state index in [-0.39, 0.29) is 5.41 Å². The van der Waals surface area contributed by atoms with Crippen LogP contribution in [-0.4, -0.2) is 9.97 Å². The Morgan fingerprint density at radius 3 is 1.80 bits per heavy atom. The van der Waals surface area contributed by atoms with E-state index in [0.717, 1.165) is 33.6 Å². The fourth-order valence-corrected chi connectivity index (χ4v) is 9.17. The van der Waals surface area contributed by atoms with Gasteiger partial charge in [-0.05, 0) is 102 Å². The first kappa shape index (κ1) is 32.3. The lowest BCUT2D eigenvalue weighted by Gasteiger charge is -2.28. The van der Waals surface area contributed by atoms with Crippen molar-refractivity contribution in [3.8, 4) is 56.2 Å². The Morgan fingerprint density at radius 1 is 0.357 bits per heavy atom. The van der Waals surface area contributed by atoms with Crippen molar-refractivity contribution < 1.29 is 0 Å². The Hall–Kier alpha value is -7.16. The molecule has 0 amide bonds. The average Bonchev–Trinajstić information content (AvgIpc) is 3.54. The Labute approximate surface area is 326 Å². The lowest BCUT2D eigenvalue weighted by atomic mass is 9.74. The molecule has 262 valence electrons. The summed E-state index contributed by atoms with van der Waals surface area (Å²) >= 11 is 0. The van der Waals surface area contributed by atoms with Gasteiger partial charge in [0, 0.05) is 22.1 Å². The number of hydrogen-bond donors (Lipinski definition) is 0. The van der Waals surface area contributed by atoms with Gasteiger partial charge in [-0.25, -0.2) is 9.97 Å². The second kappa shape index (κ2) is 12.7. The average molecular weight is 713 g/mol. The Morgan fingerprint density at radius 2 is 0.982 bits per heavy atom. The lowest BCUT2D eigenvalue weighted by molar-refractivity contribution is 0.714. The van der Waals surface area contributed by atoms with Crippen molar-refractivity contribution in [1.29, 1.82) is 0 Å². The molecule has 9 aromatic carbocycles. The zero-order chi connectivity index (χ0) is 37.2. The van der Waals surface area contributed by atoms with Crippen molar-refractivity contribution in [3.05, 3.63) is 217 Å². The van der Waals surface area contributed by atoms with Crippen LogP contribution < -0.4 is 0 Å². The van der Waals surface area contributed by atoms with Gasteiger partial charge < -0.3 is 0 Å². The summed E-state index contributed by atoms with van der Waals surface area (Å²) in [5.41, 5.74) is 13.5. The van der Waals surface area contributed by atoms with Crippen LogP contribution in [0.3, 0.4) is 0 Å². The van der Waals surface area contributed by atoms with E-state index >= 15 is 0 Å². The van der Waals surface area contributed by atoms with Gasteiger partial charge in [-0.1, -0.05) is 176 Å². The highest BCUT2D eigenvalue weighted by Crippen LogP contribution is 2.53. The fraction of sp³-hybridized carbons (Fsp3) is 0.0370. The summed E-state index contributed by atoms with van der Waals surface area (Å²) in [7, 11) is 0. The minimum absolute atomic E-state index is 0.254. The van der Waals surface area contributed by atoms with Gasteiger partial charge >= 0.3 is 0 Å². The smallest absolute Gasteiger partial charge is 0.160 e. The molecule has 1 unspecified atom stereocenters. The van der Waals surface area contributed by atoms with Crippen LogP contribution in [0.5, 0.6) is 0 Å². The molecule has 0 aliphatic heterocycles. The molecule has 0 saturated heterocycles. The molecule has 10 aromatic rings. The normalized spacial score (nSPS) is 14.6. The minimum Gasteiger partial charge on any atom is -0.228 e. The predicted octanol–water partition coefficient (Wildman–Crippen LogP) is 13.9. The Kier molecular flexibility index (Phi) is 7.33. The highest BCUT2D eigenvalue weighted by atomic mass is 14.9. The van der Waals surface area contributed by atoms with Crippen molar-refractivity contribution in [1.82, 2.24) is 9.97 Å². The van der Waals surface area contributed by atoms with Crippen molar-refractivity contribution in [2.45, 2.75) is 12.3 Å². The number of nitrogens with zero attached hydrogens (tertiary/aromatic N) is 2. The van der Waals surface area contributed by atoms with Gasteiger partial charge in [-0.3, -0.25) is 0 Å². The second-order valence-corrected chi connectivity index (χ2v) is 15.1. The molecule has 0 spiro atoms. The van der Waals surface area contributed by atoms with Gasteiger partial charge in [0.25, 0.3) is 0 Å². The summed E-state index contributed by atoms with van der Waals surface area (Å²) in [6.45, 7) is 2.36. The number of benzene rings is 9. The molecule has 0 fully saturated rings. The van der Waals surface area contributed by atoms with E-state index in [2.05, 4.69) is 201 Å². The molecule has 0 saturated carbocycles. The van der Waals surface area contributed by atoms with Crippen molar-refractivity contribution in [2.75, 3.05) is 0 Å². The van der Waals surface area contributed by atoms with Gasteiger partial charge in [0.1, 0.15) is 0 Å². The number of hydrogen-bond acceptors (Lipinski definition) is 2. The Bertz CT molecular complexity index is 3150. The largest absolute Gasteiger partial charge is 0.228 e. The summed E-state index contributed by atoms with van der Waals surface area (Å²) in [5, 5.41) is 7.49. The van der Waals surface area contributed by atoms with Gasteiger partial charge in [0.15, 0.2) is 5.82 Å². The third kappa shape index (κ3) is 5.03. The molecule has 0 N–H and O–H groups in total. The van der Waals surface area contributed by atoms with E-state index in [9.17, 15) is 0 Å². The molecule has 2 heteroatoms. The van der Waals surface area contributed by atoms with Crippen LogP contribution in [-0.2, 0) is 5.41 Å². The molecular weight excluding hydrogens is 677 g/mol. The van der Waals surface area contributed by atoms with E-state index in [1.165, 1.54) is 65.7 Å². The number of rotatable bonds is 5. The molecule has 1 atom stereocenters. The summed E-state index contributed by atoms with van der Waals surface area (Å²) in [4.78, 5) is 10.5. The van der Waals surface area contributed by atoms with Crippen LogP contribution in [0.15, 0.2) is 200 Å². The topological polar surface area (TPSA) is 25.8 Å². The Balaban J connectivity index is 1.10. The SMILES string of the molecule is CC1(c2ccccc2)c2ccccc2-c2cc(-c3cc(-c4cccc(-c5c6ccccc6cc6c5ccc5ccccc56)c4)nc(-c4ccccc4)n3)ccc21. The van der Waals surface area contributed by atoms with Gasteiger partial charge in [-0.15, -0.1) is 0 Å². The van der Waals surface area contributed by atoms with Gasteiger partial charge in [-0.2, -0.15) is 0 Å². The third-order valence-corrected chi connectivity index (χ3v) is 11.9. The zero-order valence-electron chi connectivity index (χ0n) is 30.9. The third-order valence-electron chi connectivity index (χ3n) is 11.9. The molecule has 1 heterocycles. The maximum absolute atomic E-state index is 5.26. The maximum atomic E-state index is 5.26. The van der Waals surface area contributed by atoms with Crippen LogP contribution in [0.4, 0.5) is 0 Å². The van der Waals surface area contributed by atoms with Crippen molar-refractivity contribution in [2.24, 2.45) is 0 Å². The lowest BCUT2D eigenvalue weighted by Crippen LogP contribution is -2.22. The summed E-state index contributed by atoms with van der Waals surface area (Å²) in [6.07, 6.45) is 0. The zero-order valence-corrected chi connectivity index (χ0v) is 30.9. The molecule has 11 rings (SSSR count). The molecule has 2 nitrogen and oxygen atoms in total. The molecule has 1 aliphatic rings. The first-order valence-electron chi connectivity index (χ1n) is 19.3. The highest BCUT2D eigenvalue weighted by molar-refractivity contribution is 6.20. The van der Waals surface area contributed by atoms with Crippen LogP contribution in [0.2, 0.25) is 0 Å². The number of fused-ring (bicyclic) bond motifs is 7. The van der Waals surface area contributed by atoms with E-state index in [1.54, 1.807) is 0 Å². The van der Waals surface area contributed by atoms with Crippen LogP contribution in [0, 0.1) is 0 Å². The van der Waals surface area contributed by atoms with Crippen molar-refractivity contribution in [3.63, 3.8) is 0 Å². The van der Waals surface area contributed by atoms with E-state index in [1.807, 2.05) is 6.07 Å². The number of aromatic nitrogens is 2. The van der Waals surface area contributed by atoms with Crippen molar-refractivity contribution >= 4 is 32.3 Å². The molecule has 0 bridgehead atoms. The van der Waals surface area contributed by atoms with E-state index in [4.69, 9.17) is 9.97 Å². The first-order chi connectivity index (χ1) is 27.6. The molecular formula is C54H36N2. The molecule has 0 radical (unpaired) electrons.